The largest absolute Gasteiger partial charge is 0.379 e. The quantitative estimate of drug-likeness (QED) is 0.436. The van der Waals surface area contributed by atoms with Gasteiger partial charge >= 0.3 is 10.1 Å². The Morgan fingerprint density at radius 3 is 2.31 bits per heavy atom. The second-order valence-electron chi connectivity index (χ2n) is 7.34. The van der Waals surface area contributed by atoms with E-state index in [0.717, 1.165) is 24.3 Å². The zero-order valence-electron chi connectivity index (χ0n) is 17.7. The van der Waals surface area contributed by atoms with Crippen LogP contribution in [0.25, 0.3) is 0 Å². The van der Waals surface area contributed by atoms with Crippen molar-refractivity contribution in [2.24, 2.45) is 0 Å². The summed E-state index contributed by atoms with van der Waals surface area (Å²) in [5.41, 5.74) is 0.874. The van der Waals surface area contributed by atoms with Crippen LogP contribution in [0.2, 0.25) is 0 Å². The molecule has 3 aromatic carbocycles. The van der Waals surface area contributed by atoms with Gasteiger partial charge in [-0.2, -0.15) is 8.42 Å². The Labute approximate surface area is 186 Å². The average Bonchev–Trinajstić information content (AvgIpc) is 2.77. The summed E-state index contributed by atoms with van der Waals surface area (Å²) in [5, 5.41) is 0. The number of nitrogens with zero attached hydrogens (tertiary/aromatic N) is 1. The molecule has 0 spiro atoms. The summed E-state index contributed by atoms with van der Waals surface area (Å²) in [6.07, 6.45) is 0.677. The Morgan fingerprint density at radius 1 is 0.969 bits per heavy atom. The van der Waals surface area contributed by atoms with E-state index in [1.54, 1.807) is 23.1 Å². The highest BCUT2D eigenvalue weighted by atomic mass is 32.2. The van der Waals surface area contributed by atoms with Gasteiger partial charge in [-0.3, -0.25) is 4.79 Å². The topological polar surface area (TPSA) is 63.7 Å². The molecule has 0 radical (unpaired) electrons. The van der Waals surface area contributed by atoms with Crippen molar-refractivity contribution in [3.05, 3.63) is 95.6 Å². The fraction of sp³-hybridized carbons (Fsp3) is 0.208. The van der Waals surface area contributed by atoms with E-state index in [9.17, 15) is 22.0 Å². The van der Waals surface area contributed by atoms with Crippen molar-refractivity contribution in [2.75, 3.05) is 0 Å². The molecule has 8 heteroatoms. The van der Waals surface area contributed by atoms with Crippen molar-refractivity contribution in [1.29, 1.82) is 0 Å². The van der Waals surface area contributed by atoms with Gasteiger partial charge < -0.3 is 9.08 Å². The third-order valence-corrected chi connectivity index (χ3v) is 6.28. The molecule has 168 valence electrons. The third kappa shape index (κ3) is 5.70. The Hall–Kier alpha value is -3.26. The van der Waals surface area contributed by atoms with Crippen LogP contribution >= 0.6 is 0 Å². The minimum absolute atomic E-state index is 0.0640. The van der Waals surface area contributed by atoms with Gasteiger partial charge in [-0.05, 0) is 73.5 Å². The summed E-state index contributed by atoms with van der Waals surface area (Å²) in [6, 6.07) is 16.0. The van der Waals surface area contributed by atoms with Gasteiger partial charge in [0.2, 0.25) is 0 Å². The number of halogens is 2. The van der Waals surface area contributed by atoms with Crippen molar-refractivity contribution in [1.82, 2.24) is 4.90 Å². The first kappa shape index (κ1) is 23.4. The van der Waals surface area contributed by atoms with E-state index < -0.39 is 21.8 Å². The first-order valence-electron chi connectivity index (χ1n) is 10.0. The Bertz CT molecular complexity index is 1200. The molecule has 0 heterocycles. The van der Waals surface area contributed by atoms with Crippen LogP contribution in [0.5, 0.6) is 5.75 Å². The number of carbonyl (C=O) groups is 1. The van der Waals surface area contributed by atoms with Gasteiger partial charge in [0.05, 0.1) is 0 Å². The van der Waals surface area contributed by atoms with Crippen LogP contribution in [0.4, 0.5) is 8.78 Å². The Kier molecular flexibility index (Phi) is 7.25. The summed E-state index contributed by atoms with van der Waals surface area (Å²) in [6.45, 7) is 4.00. The van der Waals surface area contributed by atoms with E-state index in [0.29, 0.717) is 12.0 Å². The second-order valence-corrected chi connectivity index (χ2v) is 8.89. The van der Waals surface area contributed by atoms with Gasteiger partial charge in [0.15, 0.2) is 0 Å². The lowest BCUT2D eigenvalue weighted by molar-refractivity contribution is 0.0671. The standard InChI is InChI=1S/C24H23F2NO4S/c1-3-17(2)27(24(28)19-7-5-8-21(26)15-19)16-18-6-4-9-22(14-18)31-32(29,30)23-12-10-20(25)11-13-23/h4-15,17H,3,16H2,1-2H3. The molecule has 32 heavy (non-hydrogen) atoms. The molecule has 0 fully saturated rings. The highest BCUT2D eigenvalue weighted by Gasteiger charge is 2.22. The molecule has 0 aliphatic rings. The number of rotatable bonds is 8. The molecule has 3 rings (SSSR count). The monoisotopic (exact) mass is 459 g/mol. The smallest absolute Gasteiger partial charge is 0.339 e. The van der Waals surface area contributed by atoms with Crippen LogP contribution in [-0.2, 0) is 16.7 Å². The highest BCUT2D eigenvalue weighted by molar-refractivity contribution is 7.87. The minimum Gasteiger partial charge on any atom is -0.379 e. The lowest BCUT2D eigenvalue weighted by Crippen LogP contribution is -2.37. The van der Waals surface area contributed by atoms with Gasteiger partial charge in [-0.25, -0.2) is 8.78 Å². The molecule has 0 aliphatic heterocycles. The van der Waals surface area contributed by atoms with Crippen LogP contribution in [0.15, 0.2) is 77.7 Å². The number of amides is 1. The summed E-state index contributed by atoms with van der Waals surface area (Å²) in [5.74, 6) is -1.32. The maximum absolute atomic E-state index is 13.6. The predicted molar refractivity (Wildman–Crippen MR) is 117 cm³/mol. The summed E-state index contributed by atoms with van der Waals surface area (Å²) in [7, 11) is -4.15. The predicted octanol–water partition coefficient (Wildman–Crippen LogP) is 5.17. The normalized spacial score (nSPS) is 12.2. The Morgan fingerprint density at radius 2 is 1.66 bits per heavy atom. The molecule has 0 bridgehead atoms. The molecule has 3 aromatic rings. The minimum atomic E-state index is -4.15. The van der Waals surface area contributed by atoms with Gasteiger partial charge in [-0.1, -0.05) is 25.1 Å². The van der Waals surface area contributed by atoms with Crippen molar-refractivity contribution in [3.63, 3.8) is 0 Å². The van der Waals surface area contributed by atoms with Crippen LogP contribution in [0.1, 0.15) is 36.2 Å². The summed E-state index contributed by atoms with van der Waals surface area (Å²) >= 11 is 0. The molecule has 0 saturated heterocycles. The fourth-order valence-corrected chi connectivity index (χ4v) is 4.03. The highest BCUT2D eigenvalue weighted by Crippen LogP contribution is 2.22. The lowest BCUT2D eigenvalue weighted by atomic mass is 10.1. The molecule has 0 saturated carbocycles. The Balaban J connectivity index is 1.83. The molecule has 0 aromatic heterocycles. The first-order chi connectivity index (χ1) is 15.2. The van der Waals surface area contributed by atoms with Crippen LogP contribution < -0.4 is 4.18 Å². The second kappa shape index (κ2) is 9.91. The van der Waals surface area contributed by atoms with Crippen LogP contribution in [-0.4, -0.2) is 25.3 Å². The zero-order chi connectivity index (χ0) is 23.3. The fourth-order valence-electron chi connectivity index (χ4n) is 3.10. The lowest BCUT2D eigenvalue weighted by Gasteiger charge is -2.29. The number of hydrogen-bond acceptors (Lipinski definition) is 4. The van der Waals surface area contributed by atoms with Crippen molar-refractivity contribution < 1.29 is 26.2 Å². The van der Waals surface area contributed by atoms with Crippen molar-refractivity contribution in [2.45, 2.75) is 37.8 Å². The molecule has 1 amide bonds. The van der Waals surface area contributed by atoms with E-state index in [2.05, 4.69) is 0 Å². The number of carbonyl (C=O) groups excluding carboxylic acids is 1. The first-order valence-corrected chi connectivity index (χ1v) is 11.5. The van der Waals surface area contributed by atoms with Gasteiger partial charge in [-0.15, -0.1) is 0 Å². The number of benzene rings is 3. The molecular weight excluding hydrogens is 436 g/mol. The average molecular weight is 460 g/mol. The van der Waals surface area contributed by atoms with Crippen LogP contribution in [0.3, 0.4) is 0 Å². The third-order valence-electron chi connectivity index (χ3n) is 5.01. The van der Waals surface area contributed by atoms with E-state index >= 15 is 0 Å². The van der Waals surface area contributed by atoms with E-state index in [1.807, 2.05) is 13.8 Å². The van der Waals surface area contributed by atoms with Crippen molar-refractivity contribution >= 4 is 16.0 Å². The van der Waals surface area contributed by atoms with Gasteiger partial charge in [0, 0.05) is 18.2 Å². The molecule has 1 atom stereocenters. The van der Waals surface area contributed by atoms with E-state index in [1.165, 1.54) is 30.3 Å². The molecule has 0 aliphatic carbocycles. The van der Waals surface area contributed by atoms with E-state index in [4.69, 9.17) is 4.18 Å². The molecule has 5 nitrogen and oxygen atoms in total. The van der Waals surface area contributed by atoms with Gasteiger partial charge in [0.25, 0.3) is 5.91 Å². The van der Waals surface area contributed by atoms with Crippen LogP contribution in [0, 0.1) is 11.6 Å². The summed E-state index contributed by atoms with van der Waals surface area (Å²) < 4.78 is 56.9. The molecule has 1 unspecified atom stereocenters. The SMILES string of the molecule is CCC(C)N(Cc1cccc(OS(=O)(=O)c2ccc(F)cc2)c1)C(=O)c1cccc(F)c1. The summed E-state index contributed by atoms with van der Waals surface area (Å²) in [4.78, 5) is 14.5. The molecule has 0 N–H and O–H groups in total. The maximum atomic E-state index is 13.6. The molecular formula is C24H23F2NO4S. The zero-order valence-corrected chi connectivity index (χ0v) is 18.5. The van der Waals surface area contributed by atoms with E-state index in [-0.39, 0.29) is 34.7 Å². The number of hydrogen-bond donors (Lipinski definition) is 0. The van der Waals surface area contributed by atoms with Gasteiger partial charge in [0.1, 0.15) is 22.3 Å². The maximum Gasteiger partial charge on any atom is 0.339 e. The van der Waals surface area contributed by atoms with Crippen molar-refractivity contribution in [3.8, 4) is 5.75 Å².